The van der Waals surface area contributed by atoms with Crippen molar-refractivity contribution in [3.63, 3.8) is 0 Å². The van der Waals surface area contributed by atoms with E-state index in [2.05, 4.69) is 31.5 Å². The fraction of sp³-hybridized carbons (Fsp3) is 0.714. The zero-order valence-corrected chi connectivity index (χ0v) is 14.1. The number of ether oxygens (including phenoxy) is 1. The molecule has 0 aromatic carbocycles. The van der Waals surface area contributed by atoms with Crippen molar-refractivity contribution in [2.24, 2.45) is 7.05 Å². The standard InChI is InChI=1S/C14H25BrN2O2/c1-14(2,3)19-10-13(18)9-16(4)8-12-6-11(15)7-17(12)5/h6-7,13,18H,8-10H2,1-5H3. The molecular weight excluding hydrogens is 308 g/mol. The lowest BCUT2D eigenvalue weighted by Gasteiger charge is -2.25. The maximum absolute atomic E-state index is 9.95. The number of hydrogen-bond donors (Lipinski definition) is 1. The quantitative estimate of drug-likeness (QED) is 0.869. The first kappa shape index (κ1) is 16.7. The fourth-order valence-corrected chi connectivity index (χ4v) is 2.39. The first-order chi connectivity index (χ1) is 8.67. The molecule has 0 saturated carbocycles. The molecule has 1 atom stereocenters. The smallest absolute Gasteiger partial charge is 0.0900 e. The molecule has 1 unspecified atom stereocenters. The number of nitrogens with zero attached hydrogens (tertiary/aromatic N) is 2. The molecule has 0 amide bonds. The lowest BCUT2D eigenvalue weighted by Crippen LogP contribution is -2.35. The summed E-state index contributed by atoms with van der Waals surface area (Å²) in [4.78, 5) is 2.10. The van der Waals surface area contributed by atoms with Gasteiger partial charge in [-0.05, 0) is 49.8 Å². The highest BCUT2D eigenvalue weighted by Gasteiger charge is 2.15. The zero-order valence-electron chi connectivity index (χ0n) is 12.5. The summed E-state index contributed by atoms with van der Waals surface area (Å²) in [6.45, 7) is 7.74. The van der Waals surface area contributed by atoms with Crippen molar-refractivity contribution in [2.45, 2.75) is 39.0 Å². The Hall–Kier alpha value is -0.360. The Kier molecular flexibility index (Phi) is 6.05. The van der Waals surface area contributed by atoms with E-state index in [1.165, 1.54) is 5.69 Å². The zero-order chi connectivity index (χ0) is 14.6. The van der Waals surface area contributed by atoms with Crippen LogP contribution in [-0.2, 0) is 18.3 Å². The summed E-state index contributed by atoms with van der Waals surface area (Å²) < 4.78 is 8.74. The molecule has 0 bridgehead atoms. The van der Waals surface area contributed by atoms with Gasteiger partial charge < -0.3 is 14.4 Å². The van der Waals surface area contributed by atoms with Gasteiger partial charge in [-0.1, -0.05) is 0 Å². The van der Waals surface area contributed by atoms with E-state index < -0.39 is 6.10 Å². The first-order valence-electron chi connectivity index (χ1n) is 6.48. The number of hydrogen-bond acceptors (Lipinski definition) is 3. The highest BCUT2D eigenvalue weighted by atomic mass is 79.9. The van der Waals surface area contributed by atoms with Crippen molar-refractivity contribution in [3.05, 3.63) is 22.4 Å². The van der Waals surface area contributed by atoms with Crippen LogP contribution in [0.4, 0.5) is 0 Å². The summed E-state index contributed by atoms with van der Waals surface area (Å²) in [5.74, 6) is 0. The molecule has 0 radical (unpaired) electrons. The van der Waals surface area contributed by atoms with Gasteiger partial charge in [0.2, 0.25) is 0 Å². The minimum atomic E-state index is -0.465. The third-order valence-electron chi connectivity index (χ3n) is 2.74. The van der Waals surface area contributed by atoms with E-state index in [4.69, 9.17) is 4.74 Å². The van der Waals surface area contributed by atoms with Crippen molar-refractivity contribution in [1.82, 2.24) is 9.47 Å². The van der Waals surface area contributed by atoms with Gasteiger partial charge in [-0.25, -0.2) is 0 Å². The topological polar surface area (TPSA) is 37.6 Å². The normalized spacial score (nSPS) is 14.1. The lowest BCUT2D eigenvalue weighted by atomic mass is 10.2. The molecule has 1 aromatic rings. The van der Waals surface area contributed by atoms with Crippen LogP contribution in [-0.4, -0.2) is 46.5 Å². The van der Waals surface area contributed by atoms with E-state index in [0.29, 0.717) is 13.2 Å². The number of rotatable bonds is 6. The molecule has 0 aliphatic rings. The lowest BCUT2D eigenvalue weighted by molar-refractivity contribution is -0.0551. The van der Waals surface area contributed by atoms with E-state index in [1.54, 1.807) is 0 Å². The van der Waals surface area contributed by atoms with Crippen molar-refractivity contribution >= 4 is 15.9 Å². The summed E-state index contributed by atoms with van der Waals surface area (Å²) in [7, 11) is 4.02. The van der Waals surface area contributed by atoms with E-state index in [9.17, 15) is 5.11 Å². The fourth-order valence-electron chi connectivity index (χ4n) is 1.82. The second kappa shape index (κ2) is 6.88. The first-order valence-corrected chi connectivity index (χ1v) is 7.28. The summed E-state index contributed by atoms with van der Waals surface area (Å²) in [6, 6.07) is 2.09. The highest BCUT2D eigenvalue weighted by Crippen LogP contribution is 2.15. The molecule has 1 aromatic heterocycles. The Morgan fingerprint density at radius 2 is 2.11 bits per heavy atom. The molecule has 5 heteroatoms. The number of aliphatic hydroxyl groups excluding tert-OH is 1. The van der Waals surface area contributed by atoms with Gasteiger partial charge in [0.25, 0.3) is 0 Å². The molecule has 0 aliphatic carbocycles. The van der Waals surface area contributed by atoms with Gasteiger partial charge >= 0.3 is 0 Å². The molecule has 1 rings (SSSR count). The van der Waals surface area contributed by atoms with Crippen LogP contribution in [0.1, 0.15) is 26.5 Å². The van der Waals surface area contributed by atoms with E-state index >= 15 is 0 Å². The maximum atomic E-state index is 9.95. The average Bonchev–Trinajstić information content (AvgIpc) is 2.53. The van der Waals surface area contributed by atoms with Crippen LogP contribution in [0.3, 0.4) is 0 Å². The molecular formula is C14H25BrN2O2. The molecule has 0 spiro atoms. The third kappa shape index (κ3) is 6.56. The largest absolute Gasteiger partial charge is 0.389 e. The van der Waals surface area contributed by atoms with Crippen LogP contribution in [0.15, 0.2) is 16.7 Å². The van der Waals surface area contributed by atoms with Gasteiger partial charge in [0, 0.05) is 36.5 Å². The maximum Gasteiger partial charge on any atom is 0.0900 e. The summed E-state index contributed by atoms with van der Waals surface area (Å²) in [5.41, 5.74) is 1.00. The van der Waals surface area contributed by atoms with E-state index in [-0.39, 0.29) is 5.60 Å². The molecule has 110 valence electrons. The predicted molar refractivity (Wildman–Crippen MR) is 81.2 cm³/mol. The van der Waals surface area contributed by atoms with Crippen molar-refractivity contribution in [3.8, 4) is 0 Å². The summed E-state index contributed by atoms with van der Waals surface area (Å²) >= 11 is 3.46. The van der Waals surface area contributed by atoms with Crippen LogP contribution in [0, 0.1) is 0 Å². The van der Waals surface area contributed by atoms with Crippen molar-refractivity contribution in [1.29, 1.82) is 0 Å². The summed E-state index contributed by atoms with van der Waals surface area (Å²) in [5, 5.41) is 9.95. The van der Waals surface area contributed by atoms with Gasteiger partial charge in [0.05, 0.1) is 18.3 Å². The Morgan fingerprint density at radius 1 is 1.47 bits per heavy atom. The Morgan fingerprint density at radius 3 is 2.58 bits per heavy atom. The molecule has 0 saturated heterocycles. The van der Waals surface area contributed by atoms with Gasteiger partial charge in [-0.3, -0.25) is 4.90 Å². The number of aromatic nitrogens is 1. The van der Waals surface area contributed by atoms with Crippen LogP contribution in [0.5, 0.6) is 0 Å². The number of aliphatic hydroxyl groups is 1. The molecule has 0 fully saturated rings. The number of halogens is 1. The second-order valence-electron chi connectivity index (χ2n) is 6.03. The highest BCUT2D eigenvalue weighted by molar-refractivity contribution is 9.10. The molecule has 19 heavy (non-hydrogen) atoms. The van der Waals surface area contributed by atoms with Gasteiger partial charge in [-0.15, -0.1) is 0 Å². The Labute approximate surface area is 124 Å². The summed E-state index contributed by atoms with van der Waals surface area (Å²) in [6.07, 6.45) is 1.57. The second-order valence-corrected chi connectivity index (χ2v) is 6.95. The molecule has 1 N–H and O–H groups in total. The Bertz CT molecular complexity index is 399. The van der Waals surface area contributed by atoms with Gasteiger partial charge in [0.15, 0.2) is 0 Å². The molecule has 4 nitrogen and oxygen atoms in total. The third-order valence-corrected chi connectivity index (χ3v) is 3.17. The minimum Gasteiger partial charge on any atom is -0.389 e. The van der Waals surface area contributed by atoms with Crippen LogP contribution in [0.2, 0.25) is 0 Å². The van der Waals surface area contributed by atoms with Crippen LogP contribution >= 0.6 is 15.9 Å². The molecule has 0 aliphatic heterocycles. The van der Waals surface area contributed by atoms with E-state index in [1.807, 2.05) is 41.1 Å². The van der Waals surface area contributed by atoms with Gasteiger partial charge in [-0.2, -0.15) is 0 Å². The SMILES string of the molecule is CN(Cc1cc(Br)cn1C)CC(O)COC(C)(C)C. The number of aryl methyl sites for hydroxylation is 1. The monoisotopic (exact) mass is 332 g/mol. The minimum absolute atomic E-state index is 0.206. The van der Waals surface area contributed by atoms with Crippen LogP contribution < -0.4 is 0 Å². The Balaban J connectivity index is 2.38. The van der Waals surface area contributed by atoms with Gasteiger partial charge in [0.1, 0.15) is 0 Å². The average molecular weight is 333 g/mol. The van der Waals surface area contributed by atoms with E-state index in [0.717, 1.165) is 11.0 Å². The predicted octanol–water partition coefficient (Wildman–Crippen LogP) is 2.40. The molecule has 1 heterocycles. The van der Waals surface area contributed by atoms with Crippen molar-refractivity contribution in [2.75, 3.05) is 20.2 Å². The van der Waals surface area contributed by atoms with Crippen molar-refractivity contribution < 1.29 is 9.84 Å². The van der Waals surface area contributed by atoms with Crippen LogP contribution in [0.25, 0.3) is 0 Å². The number of likely N-dealkylation sites (N-methyl/N-ethyl adjacent to an activating group) is 1.